The number of carbonyl (C=O) groups excluding carboxylic acids is 1. The standard InChI is InChI=1S/C16H16F3N3O3/c1-10(7-14(23)24)9-20-15(25)13-5-6-22(21-13)12-4-2-3-11(8-12)16(17,18)19/h2-6,8,10H,7,9H2,1H3,(H,20,25)(H,23,24). The van der Waals surface area contributed by atoms with Gasteiger partial charge in [-0.2, -0.15) is 18.3 Å². The average Bonchev–Trinajstić information content (AvgIpc) is 3.01. The second-order valence-corrected chi connectivity index (χ2v) is 5.61. The molecule has 1 aromatic heterocycles. The molecule has 0 bridgehead atoms. The van der Waals surface area contributed by atoms with Gasteiger partial charge >= 0.3 is 12.1 Å². The van der Waals surface area contributed by atoms with Crippen molar-refractivity contribution in [3.05, 3.63) is 47.8 Å². The molecule has 134 valence electrons. The van der Waals surface area contributed by atoms with E-state index in [4.69, 9.17) is 5.11 Å². The highest BCUT2D eigenvalue weighted by Gasteiger charge is 2.30. The van der Waals surface area contributed by atoms with Crippen LogP contribution in [0.2, 0.25) is 0 Å². The lowest BCUT2D eigenvalue weighted by atomic mass is 10.1. The molecular formula is C16H16F3N3O3. The fraction of sp³-hybridized carbons (Fsp3) is 0.312. The van der Waals surface area contributed by atoms with Crippen LogP contribution in [0.3, 0.4) is 0 Å². The fourth-order valence-corrected chi connectivity index (χ4v) is 2.14. The molecule has 9 heteroatoms. The van der Waals surface area contributed by atoms with Crippen molar-refractivity contribution in [1.82, 2.24) is 15.1 Å². The van der Waals surface area contributed by atoms with Gasteiger partial charge in [0.2, 0.25) is 0 Å². The van der Waals surface area contributed by atoms with Crippen LogP contribution in [0.25, 0.3) is 5.69 Å². The molecule has 25 heavy (non-hydrogen) atoms. The molecule has 1 heterocycles. The maximum absolute atomic E-state index is 12.7. The van der Waals surface area contributed by atoms with E-state index in [9.17, 15) is 22.8 Å². The van der Waals surface area contributed by atoms with Crippen LogP contribution < -0.4 is 5.32 Å². The van der Waals surface area contributed by atoms with E-state index in [0.29, 0.717) is 0 Å². The lowest BCUT2D eigenvalue weighted by molar-refractivity contribution is -0.138. The van der Waals surface area contributed by atoms with Crippen molar-refractivity contribution in [2.75, 3.05) is 6.54 Å². The number of nitrogens with one attached hydrogen (secondary N) is 1. The highest BCUT2D eigenvalue weighted by molar-refractivity contribution is 5.92. The van der Waals surface area contributed by atoms with Crippen molar-refractivity contribution in [3.63, 3.8) is 0 Å². The van der Waals surface area contributed by atoms with E-state index in [1.165, 1.54) is 29.1 Å². The summed E-state index contributed by atoms with van der Waals surface area (Å²) >= 11 is 0. The number of halogens is 3. The molecule has 0 fully saturated rings. The maximum atomic E-state index is 12.7. The first-order chi connectivity index (χ1) is 11.7. The molecule has 1 aromatic carbocycles. The maximum Gasteiger partial charge on any atom is 0.416 e. The SMILES string of the molecule is CC(CNC(=O)c1ccn(-c2cccc(C(F)(F)F)c2)n1)CC(=O)O. The molecule has 2 rings (SSSR count). The number of alkyl halides is 3. The summed E-state index contributed by atoms with van der Waals surface area (Å²) in [6, 6.07) is 5.96. The van der Waals surface area contributed by atoms with Gasteiger partial charge in [-0.1, -0.05) is 13.0 Å². The Hall–Kier alpha value is -2.84. The van der Waals surface area contributed by atoms with Gasteiger partial charge in [0.15, 0.2) is 5.69 Å². The summed E-state index contributed by atoms with van der Waals surface area (Å²) in [5, 5.41) is 15.2. The monoisotopic (exact) mass is 355 g/mol. The van der Waals surface area contributed by atoms with Gasteiger partial charge < -0.3 is 10.4 Å². The van der Waals surface area contributed by atoms with Crippen molar-refractivity contribution in [2.45, 2.75) is 19.5 Å². The van der Waals surface area contributed by atoms with Gasteiger partial charge in [0, 0.05) is 19.2 Å². The zero-order valence-corrected chi connectivity index (χ0v) is 13.2. The van der Waals surface area contributed by atoms with E-state index in [1.807, 2.05) is 0 Å². The minimum absolute atomic E-state index is 0.0277. The second kappa shape index (κ2) is 7.37. The van der Waals surface area contributed by atoms with Crippen molar-refractivity contribution in [3.8, 4) is 5.69 Å². The van der Waals surface area contributed by atoms with Crippen molar-refractivity contribution in [1.29, 1.82) is 0 Å². The Bertz CT molecular complexity index is 771. The van der Waals surface area contributed by atoms with Gasteiger partial charge in [-0.15, -0.1) is 0 Å². The molecule has 0 aliphatic heterocycles. The van der Waals surface area contributed by atoms with Crippen LogP contribution in [0.15, 0.2) is 36.5 Å². The predicted octanol–water partition coefficient (Wildman–Crippen LogP) is 2.73. The highest BCUT2D eigenvalue weighted by Crippen LogP contribution is 2.30. The number of carbonyl (C=O) groups is 2. The molecule has 0 saturated heterocycles. The van der Waals surface area contributed by atoms with E-state index in [1.54, 1.807) is 6.92 Å². The zero-order valence-electron chi connectivity index (χ0n) is 13.2. The van der Waals surface area contributed by atoms with E-state index < -0.39 is 23.6 Å². The largest absolute Gasteiger partial charge is 0.481 e. The molecule has 1 amide bonds. The number of rotatable bonds is 6. The van der Waals surface area contributed by atoms with Crippen molar-refractivity contribution < 1.29 is 27.9 Å². The third-order valence-electron chi connectivity index (χ3n) is 3.39. The van der Waals surface area contributed by atoms with Crippen LogP contribution >= 0.6 is 0 Å². The number of amides is 1. The fourth-order valence-electron chi connectivity index (χ4n) is 2.14. The molecule has 1 unspecified atom stereocenters. The molecule has 0 aliphatic carbocycles. The number of aliphatic carboxylic acids is 1. The number of benzene rings is 1. The summed E-state index contributed by atoms with van der Waals surface area (Å²) in [6.45, 7) is 1.83. The molecule has 2 N–H and O–H groups in total. The van der Waals surface area contributed by atoms with Crippen LogP contribution in [0.4, 0.5) is 13.2 Å². The topological polar surface area (TPSA) is 84.2 Å². The summed E-state index contributed by atoms with van der Waals surface area (Å²) in [5.74, 6) is -1.74. The van der Waals surface area contributed by atoms with Crippen molar-refractivity contribution >= 4 is 11.9 Å². The molecule has 0 aliphatic rings. The van der Waals surface area contributed by atoms with Crippen LogP contribution in [-0.2, 0) is 11.0 Å². The van der Waals surface area contributed by atoms with Crippen LogP contribution in [0.1, 0.15) is 29.4 Å². The first-order valence-corrected chi connectivity index (χ1v) is 7.40. The van der Waals surface area contributed by atoms with Gasteiger partial charge in [-0.25, -0.2) is 4.68 Å². The quantitative estimate of drug-likeness (QED) is 0.834. The first-order valence-electron chi connectivity index (χ1n) is 7.40. The smallest absolute Gasteiger partial charge is 0.416 e. The molecule has 2 aromatic rings. The Morgan fingerprint density at radius 1 is 1.32 bits per heavy atom. The van der Waals surface area contributed by atoms with Crippen LogP contribution in [0, 0.1) is 5.92 Å². The molecule has 1 atom stereocenters. The number of hydrogen-bond acceptors (Lipinski definition) is 3. The van der Waals surface area contributed by atoms with Crippen LogP contribution in [0.5, 0.6) is 0 Å². The number of hydrogen-bond donors (Lipinski definition) is 2. The Morgan fingerprint density at radius 3 is 2.68 bits per heavy atom. The summed E-state index contributed by atoms with van der Waals surface area (Å²) in [7, 11) is 0. The second-order valence-electron chi connectivity index (χ2n) is 5.61. The number of nitrogens with zero attached hydrogens (tertiary/aromatic N) is 2. The third kappa shape index (κ3) is 5.07. The average molecular weight is 355 g/mol. The van der Waals surface area contributed by atoms with E-state index in [2.05, 4.69) is 10.4 Å². The molecule has 6 nitrogen and oxygen atoms in total. The number of carboxylic acids is 1. The number of aromatic nitrogens is 2. The van der Waals surface area contributed by atoms with Gasteiger partial charge in [-0.3, -0.25) is 9.59 Å². The van der Waals surface area contributed by atoms with E-state index in [0.717, 1.165) is 12.1 Å². The third-order valence-corrected chi connectivity index (χ3v) is 3.39. The van der Waals surface area contributed by atoms with Gasteiger partial charge in [0.05, 0.1) is 11.3 Å². The first kappa shape index (κ1) is 18.5. The molecular weight excluding hydrogens is 339 g/mol. The Kier molecular flexibility index (Phi) is 5.45. The molecule has 0 spiro atoms. The van der Waals surface area contributed by atoms with Crippen molar-refractivity contribution in [2.24, 2.45) is 5.92 Å². The Balaban J connectivity index is 2.07. The summed E-state index contributed by atoms with van der Waals surface area (Å²) < 4.78 is 39.4. The minimum Gasteiger partial charge on any atom is -0.481 e. The minimum atomic E-state index is -4.47. The highest BCUT2D eigenvalue weighted by atomic mass is 19.4. The predicted molar refractivity (Wildman–Crippen MR) is 82.3 cm³/mol. The molecule has 0 radical (unpaired) electrons. The van der Waals surface area contributed by atoms with E-state index >= 15 is 0 Å². The summed E-state index contributed by atoms with van der Waals surface area (Å²) in [4.78, 5) is 22.6. The summed E-state index contributed by atoms with van der Waals surface area (Å²) in [6.07, 6.45) is -3.17. The molecule has 0 saturated carbocycles. The van der Waals surface area contributed by atoms with Gasteiger partial charge in [0.1, 0.15) is 0 Å². The Labute approximate surface area is 141 Å². The van der Waals surface area contributed by atoms with Gasteiger partial charge in [-0.05, 0) is 30.2 Å². The Morgan fingerprint density at radius 2 is 2.04 bits per heavy atom. The lowest BCUT2D eigenvalue weighted by Gasteiger charge is -2.09. The van der Waals surface area contributed by atoms with Gasteiger partial charge in [0.25, 0.3) is 5.91 Å². The zero-order chi connectivity index (χ0) is 18.6. The summed E-state index contributed by atoms with van der Waals surface area (Å²) in [5.41, 5.74) is -0.609. The lowest BCUT2D eigenvalue weighted by Crippen LogP contribution is -2.29. The van der Waals surface area contributed by atoms with Crippen LogP contribution in [-0.4, -0.2) is 33.3 Å². The normalized spacial score (nSPS) is 12.6. The van der Waals surface area contributed by atoms with E-state index in [-0.39, 0.29) is 30.3 Å². The number of carboxylic acid groups (broad SMARTS) is 1.